The molecule has 6 heteroatoms. The Morgan fingerprint density at radius 2 is 2.16 bits per heavy atom. The third-order valence-electron chi connectivity index (χ3n) is 4.64. The Bertz CT molecular complexity index is 577. The topological polar surface area (TPSA) is 65.0 Å². The number of hydrogen-bond donors (Lipinski definition) is 2. The molecule has 140 valence electrons. The van der Waals surface area contributed by atoms with Gasteiger partial charge in [-0.25, -0.2) is 4.79 Å². The van der Waals surface area contributed by atoms with Crippen molar-refractivity contribution in [2.75, 3.05) is 45.2 Å². The normalized spacial score (nSPS) is 18.5. The lowest BCUT2D eigenvalue weighted by Crippen LogP contribution is -2.56. The SMILES string of the molecule is COc1ccc(C)c(NC(=O)N2CCN(CC(C)C)[C@H](CCO)C2)c1. The van der Waals surface area contributed by atoms with E-state index in [1.807, 2.05) is 30.0 Å². The van der Waals surface area contributed by atoms with Crippen molar-refractivity contribution in [2.45, 2.75) is 33.2 Å². The summed E-state index contributed by atoms with van der Waals surface area (Å²) in [6.45, 7) is 9.67. The fourth-order valence-electron chi connectivity index (χ4n) is 3.27. The molecule has 0 aromatic heterocycles. The van der Waals surface area contributed by atoms with Crippen LogP contribution < -0.4 is 10.1 Å². The number of carbonyl (C=O) groups excluding carboxylic acids is 1. The fraction of sp³-hybridized carbons (Fsp3) is 0.632. The number of ether oxygens (including phenoxy) is 1. The van der Waals surface area contributed by atoms with E-state index in [0.29, 0.717) is 25.4 Å². The molecule has 0 unspecified atom stereocenters. The van der Waals surface area contributed by atoms with Crippen LogP contribution in [-0.2, 0) is 0 Å². The van der Waals surface area contributed by atoms with Gasteiger partial charge in [-0.05, 0) is 30.9 Å². The van der Waals surface area contributed by atoms with Crippen LogP contribution >= 0.6 is 0 Å². The fourth-order valence-corrected chi connectivity index (χ4v) is 3.27. The van der Waals surface area contributed by atoms with Gasteiger partial charge in [0.15, 0.2) is 0 Å². The first-order valence-corrected chi connectivity index (χ1v) is 9.00. The van der Waals surface area contributed by atoms with Crippen LogP contribution in [0.4, 0.5) is 10.5 Å². The zero-order valence-electron chi connectivity index (χ0n) is 15.8. The standard InChI is InChI=1S/C19H31N3O3/c1-14(2)12-21-8-9-22(13-16(21)7-10-23)19(24)20-18-11-17(25-4)6-5-15(18)3/h5-6,11,14,16,23H,7-10,12-13H2,1-4H3,(H,20,24)/t16-/m1/s1. The molecule has 1 saturated heterocycles. The Morgan fingerprint density at radius 1 is 1.40 bits per heavy atom. The zero-order valence-corrected chi connectivity index (χ0v) is 15.8. The van der Waals surface area contributed by atoms with Crippen molar-refractivity contribution in [1.29, 1.82) is 0 Å². The van der Waals surface area contributed by atoms with Gasteiger partial charge in [-0.3, -0.25) is 4.90 Å². The van der Waals surface area contributed by atoms with Crippen LogP contribution in [-0.4, -0.2) is 66.9 Å². The second-order valence-electron chi connectivity index (χ2n) is 7.11. The second-order valence-corrected chi connectivity index (χ2v) is 7.11. The number of piperazine rings is 1. The average Bonchev–Trinajstić information content (AvgIpc) is 2.58. The number of rotatable bonds is 6. The summed E-state index contributed by atoms with van der Waals surface area (Å²) in [5.74, 6) is 1.29. The maximum atomic E-state index is 12.7. The number of nitrogens with one attached hydrogen (secondary N) is 1. The summed E-state index contributed by atoms with van der Waals surface area (Å²) in [4.78, 5) is 16.9. The molecule has 1 atom stereocenters. The maximum Gasteiger partial charge on any atom is 0.321 e. The number of aliphatic hydroxyl groups excluding tert-OH is 1. The number of hydrogen-bond acceptors (Lipinski definition) is 4. The van der Waals surface area contributed by atoms with E-state index in [1.165, 1.54) is 0 Å². The third-order valence-corrected chi connectivity index (χ3v) is 4.64. The Labute approximate surface area is 150 Å². The highest BCUT2D eigenvalue weighted by Crippen LogP contribution is 2.23. The van der Waals surface area contributed by atoms with E-state index in [4.69, 9.17) is 4.74 Å². The number of urea groups is 1. The van der Waals surface area contributed by atoms with Crippen LogP contribution in [0, 0.1) is 12.8 Å². The Balaban J connectivity index is 2.02. The zero-order chi connectivity index (χ0) is 18.4. The maximum absolute atomic E-state index is 12.7. The number of nitrogens with zero attached hydrogens (tertiary/aromatic N) is 2. The number of aliphatic hydroxyl groups is 1. The van der Waals surface area contributed by atoms with Crippen molar-refractivity contribution in [3.63, 3.8) is 0 Å². The summed E-state index contributed by atoms with van der Waals surface area (Å²) in [5.41, 5.74) is 1.77. The minimum atomic E-state index is -0.0940. The monoisotopic (exact) mass is 349 g/mol. The van der Waals surface area contributed by atoms with Crippen molar-refractivity contribution in [1.82, 2.24) is 9.80 Å². The van der Waals surface area contributed by atoms with Gasteiger partial charge in [0, 0.05) is 50.6 Å². The van der Waals surface area contributed by atoms with Crippen molar-refractivity contribution in [2.24, 2.45) is 5.92 Å². The van der Waals surface area contributed by atoms with Crippen molar-refractivity contribution in [3.8, 4) is 5.75 Å². The highest BCUT2D eigenvalue weighted by molar-refractivity contribution is 5.90. The first-order valence-electron chi connectivity index (χ1n) is 9.00. The Kier molecular flexibility index (Phi) is 7.08. The molecule has 2 N–H and O–H groups in total. The molecule has 0 aliphatic carbocycles. The molecule has 1 aromatic rings. The van der Waals surface area contributed by atoms with Crippen LogP contribution in [0.1, 0.15) is 25.8 Å². The van der Waals surface area contributed by atoms with E-state index in [1.54, 1.807) is 7.11 Å². The molecule has 0 saturated carbocycles. The molecule has 1 heterocycles. The minimum Gasteiger partial charge on any atom is -0.497 e. The Hall–Kier alpha value is -1.79. The lowest BCUT2D eigenvalue weighted by Gasteiger charge is -2.42. The number of anilines is 1. The summed E-state index contributed by atoms with van der Waals surface area (Å²) >= 11 is 0. The van der Waals surface area contributed by atoms with Crippen molar-refractivity contribution < 1.29 is 14.6 Å². The van der Waals surface area contributed by atoms with Crippen LogP contribution in [0.2, 0.25) is 0 Å². The van der Waals surface area contributed by atoms with E-state index in [2.05, 4.69) is 24.1 Å². The Morgan fingerprint density at radius 3 is 2.80 bits per heavy atom. The predicted octanol–water partition coefficient (Wildman–Crippen LogP) is 2.56. The number of methoxy groups -OCH3 is 1. The first kappa shape index (κ1) is 19.5. The summed E-state index contributed by atoms with van der Waals surface area (Å²) in [5, 5.41) is 12.4. The first-order chi connectivity index (χ1) is 11.9. The lowest BCUT2D eigenvalue weighted by molar-refractivity contribution is 0.0689. The lowest BCUT2D eigenvalue weighted by atomic mass is 10.1. The predicted molar refractivity (Wildman–Crippen MR) is 100 cm³/mol. The highest BCUT2D eigenvalue weighted by atomic mass is 16.5. The molecule has 1 aliphatic heterocycles. The molecular formula is C19H31N3O3. The van der Waals surface area contributed by atoms with E-state index in [-0.39, 0.29) is 18.7 Å². The third kappa shape index (κ3) is 5.34. The molecule has 1 aliphatic rings. The van der Waals surface area contributed by atoms with Crippen LogP contribution in [0.15, 0.2) is 18.2 Å². The number of amides is 2. The summed E-state index contributed by atoms with van der Waals surface area (Å²) < 4.78 is 5.24. The molecule has 2 rings (SSSR count). The van der Waals surface area contributed by atoms with Crippen LogP contribution in [0.5, 0.6) is 5.75 Å². The van der Waals surface area contributed by atoms with Gasteiger partial charge in [0.25, 0.3) is 0 Å². The molecule has 6 nitrogen and oxygen atoms in total. The molecular weight excluding hydrogens is 318 g/mol. The molecule has 0 bridgehead atoms. The number of carbonyl (C=O) groups is 1. The van der Waals surface area contributed by atoms with Crippen molar-refractivity contribution >= 4 is 11.7 Å². The van der Waals surface area contributed by atoms with E-state index in [0.717, 1.165) is 30.1 Å². The van der Waals surface area contributed by atoms with Gasteiger partial charge in [-0.15, -0.1) is 0 Å². The smallest absolute Gasteiger partial charge is 0.321 e. The number of benzene rings is 1. The molecule has 2 amide bonds. The van der Waals surface area contributed by atoms with Crippen LogP contribution in [0.3, 0.4) is 0 Å². The van der Waals surface area contributed by atoms with Gasteiger partial charge in [0.2, 0.25) is 0 Å². The quantitative estimate of drug-likeness (QED) is 0.828. The van der Waals surface area contributed by atoms with E-state index < -0.39 is 0 Å². The molecule has 1 fully saturated rings. The van der Waals surface area contributed by atoms with Gasteiger partial charge in [0.05, 0.1) is 7.11 Å². The van der Waals surface area contributed by atoms with Gasteiger partial charge in [-0.2, -0.15) is 0 Å². The van der Waals surface area contributed by atoms with Gasteiger partial charge in [-0.1, -0.05) is 19.9 Å². The van der Waals surface area contributed by atoms with E-state index in [9.17, 15) is 9.90 Å². The average molecular weight is 349 g/mol. The molecule has 25 heavy (non-hydrogen) atoms. The van der Waals surface area contributed by atoms with Crippen LogP contribution in [0.25, 0.3) is 0 Å². The van der Waals surface area contributed by atoms with E-state index >= 15 is 0 Å². The second kappa shape index (κ2) is 9.06. The van der Waals surface area contributed by atoms with Crippen molar-refractivity contribution in [3.05, 3.63) is 23.8 Å². The molecule has 0 spiro atoms. The van der Waals surface area contributed by atoms with Gasteiger partial charge < -0.3 is 20.1 Å². The van der Waals surface area contributed by atoms with Gasteiger partial charge in [0.1, 0.15) is 5.75 Å². The summed E-state index contributed by atoms with van der Waals surface area (Å²) in [6.07, 6.45) is 0.689. The van der Waals surface area contributed by atoms with Gasteiger partial charge >= 0.3 is 6.03 Å². The number of aryl methyl sites for hydroxylation is 1. The summed E-state index contributed by atoms with van der Waals surface area (Å²) in [7, 11) is 1.61. The minimum absolute atomic E-state index is 0.0940. The summed E-state index contributed by atoms with van der Waals surface area (Å²) in [6, 6.07) is 5.77. The molecule has 0 radical (unpaired) electrons. The molecule has 1 aromatic carbocycles. The largest absolute Gasteiger partial charge is 0.497 e. The highest BCUT2D eigenvalue weighted by Gasteiger charge is 2.29.